The number of phenols is 1. The Bertz CT molecular complexity index is 478. The van der Waals surface area contributed by atoms with Crippen molar-refractivity contribution < 1.29 is 10.3 Å². The molecule has 1 heterocycles. The highest BCUT2D eigenvalue weighted by Crippen LogP contribution is 2.23. The fraction of sp³-hybridized carbons (Fsp3) is 0. The van der Waals surface area contributed by atoms with Crippen molar-refractivity contribution in [2.24, 2.45) is 0 Å². The van der Waals surface area contributed by atoms with Gasteiger partial charge in [0.05, 0.1) is 11.6 Å². The minimum atomic E-state index is 0.00611. The molecule has 13 heavy (non-hydrogen) atoms. The third kappa shape index (κ3) is 1.10. The van der Waals surface area contributed by atoms with E-state index >= 15 is 0 Å². The van der Waals surface area contributed by atoms with Gasteiger partial charge in [-0.1, -0.05) is 0 Å². The van der Waals surface area contributed by atoms with Crippen LogP contribution >= 0.6 is 0 Å². The van der Waals surface area contributed by atoms with Crippen molar-refractivity contribution in [2.75, 3.05) is 0 Å². The summed E-state index contributed by atoms with van der Waals surface area (Å²) in [6, 6.07) is 2.85. The molecule has 0 unspecified atom stereocenters. The van der Waals surface area contributed by atoms with E-state index in [1.165, 1.54) is 18.3 Å². The molecular formula is C8H7N3O2. The highest BCUT2D eigenvalue weighted by Gasteiger charge is 2.09. The molecule has 0 amide bonds. The molecule has 3 N–H and O–H groups in total. The van der Waals surface area contributed by atoms with Crippen LogP contribution in [0.4, 0.5) is 0 Å². The van der Waals surface area contributed by atoms with Crippen LogP contribution in [-0.4, -0.2) is 20.0 Å². The van der Waals surface area contributed by atoms with Crippen LogP contribution in [0.25, 0.3) is 11.3 Å². The molecule has 0 atom stereocenters. The number of aromatic nitrogens is 2. The molecule has 0 saturated carbocycles. The number of aromatic hydroxyl groups is 1. The van der Waals surface area contributed by atoms with Crippen LogP contribution in [0.2, 0.25) is 0 Å². The maximum Gasteiger partial charge on any atom is 0.142 e. The van der Waals surface area contributed by atoms with Crippen molar-refractivity contribution >= 4 is 0 Å². The molecule has 0 saturated heterocycles. The van der Waals surface area contributed by atoms with Crippen LogP contribution in [0.15, 0.2) is 24.7 Å². The van der Waals surface area contributed by atoms with Crippen molar-refractivity contribution in [1.29, 1.82) is 5.41 Å². The van der Waals surface area contributed by atoms with Gasteiger partial charge in [0, 0.05) is 5.56 Å². The van der Waals surface area contributed by atoms with Crippen molar-refractivity contribution in [3.8, 4) is 17.0 Å². The van der Waals surface area contributed by atoms with Gasteiger partial charge in [-0.05, 0) is 12.1 Å². The van der Waals surface area contributed by atoms with Gasteiger partial charge < -0.3 is 15.7 Å². The SMILES string of the molecule is N=c1ccc(O)c2ncn(O)cc1-2. The summed E-state index contributed by atoms with van der Waals surface area (Å²) in [5, 5.41) is 26.1. The summed E-state index contributed by atoms with van der Waals surface area (Å²) in [5.41, 5.74) is 0.725. The number of hydrogen-bond acceptors (Lipinski definition) is 4. The molecule has 0 aromatic rings. The number of rotatable bonds is 0. The number of phenolic OH excluding ortho intramolecular Hbond substituents is 1. The molecule has 0 bridgehead atoms. The van der Waals surface area contributed by atoms with Crippen molar-refractivity contribution in [1.82, 2.24) is 9.71 Å². The van der Waals surface area contributed by atoms with Crippen LogP contribution in [-0.2, 0) is 0 Å². The van der Waals surface area contributed by atoms with E-state index in [-0.39, 0.29) is 11.1 Å². The van der Waals surface area contributed by atoms with E-state index in [1.807, 2.05) is 0 Å². The predicted octanol–water partition coefficient (Wildman–Crippen LogP) is 0.410. The second-order valence-corrected chi connectivity index (χ2v) is 2.65. The Morgan fingerprint density at radius 2 is 2.15 bits per heavy atom. The van der Waals surface area contributed by atoms with E-state index in [1.54, 1.807) is 0 Å². The molecule has 1 aliphatic heterocycles. The van der Waals surface area contributed by atoms with Crippen molar-refractivity contribution in [3.05, 3.63) is 30.0 Å². The minimum absolute atomic E-state index is 0.00611. The van der Waals surface area contributed by atoms with Gasteiger partial charge in [-0.3, -0.25) is 0 Å². The van der Waals surface area contributed by atoms with Gasteiger partial charge in [-0.15, -0.1) is 0 Å². The zero-order valence-electron chi connectivity index (χ0n) is 6.60. The summed E-state index contributed by atoms with van der Waals surface area (Å²) >= 11 is 0. The first kappa shape index (κ1) is 7.60. The van der Waals surface area contributed by atoms with Gasteiger partial charge in [0.15, 0.2) is 0 Å². The highest BCUT2D eigenvalue weighted by atomic mass is 16.5. The molecule has 0 radical (unpaired) electrons. The number of nitrogens with zero attached hydrogens (tertiary/aromatic N) is 2. The topological polar surface area (TPSA) is 82.1 Å². The average molecular weight is 177 g/mol. The Labute approximate surface area is 73.3 Å². The zero-order valence-corrected chi connectivity index (χ0v) is 6.60. The molecule has 0 aromatic heterocycles. The summed E-state index contributed by atoms with van der Waals surface area (Å²) in [6.45, 7) is 0. The molecular weight excluding hydrogens is 170 g/mol. The quantitative estimate of drug-likeness (QED) is 0.510. The highest BCUT2D eigenvalue weighted by molar-refractivity contribution is 5.65. The normalized spacial score (nSPS) is 10.5. The van der Waals surface area contributed by atoms with Crippen LogP contribution in [0.3, 0.4) is 0 Å². The third-order valence-electron chi connectivity index (χ3n) is 1.76. The van der Waals surface area contributed by atoms with E-state index in [4.69, 9.17) is 10.6 Å². The van der Waals surface area contributed by atoms with Gasteiger partial charge >= 0.3 is 0 Å². The monoisotopic (exact) mass is 177 g/mol. The molecule has 0 spiro atoms. The smallest absolute Gasteiger partial charge is 0.142 e. The first-order valence-corrected chi connectivity index (χ1v) is 3.62. The molecule has 66 valence electrons. The Hall–Kier alpha value is -2.04. The molecule has 0 aromatic carbocycles. The first-order chi connectivity index (χ1) is 6.18. The summed E-state index contributed by atoms with van der Waals surface area (Å²) in [6.07, 6.45) is 2.48. The van der Waals surface area contributed by atoms with Crippen LogP contribution in [0.1, 0.15) is 0 Å². The van der Waals surface area contributed by atoms with Crippen LogP contribution in [0.5, 0.6) is 5.75 Å². The van der Waals surface area contributed by atoms with Gasteiger partial charge in [-0.25, -0.2) is 4.98 Å². The van der Waals surface area contributed by atoms with Gasteiger partial charge in [-0.2, -0.15) is 4.73 Å². The molecule has 5 nitrogen and oxygen atoms in total. The van der Waals surface area contributed by atoms with Gasteiger partial charge in [0.25, 0.3) is 0 Å². The van der Waals surface area contributed by atoms with E-state index in [0.717, 1.165) is 11.1 Å². The molecule has 1 aliphatic carbocycles. The molecule has 0 fully saturated rings. The maximum absolute atomic E-state index is 9.35. The van der Waals surface area contributed by atoms with Crippen molar-refractivity contribution in [2.45, 2.75) is 0 Å². The average Bonchev–Trinajstić information content (AvgIpc) is 2.12. The largest absolute Gasteiger partial charge is 0.506 e. The molecule has 2 aliphatic rings. The molecule has 5 heteroatoms. The lowest BCUT2D eigenvalue weighted by Crippen LogP contribution is -2.08. The summed E-state index contributed by atoms with van der Waals surface area (Å²) in [4.78, 5) is 3.78. The zero-order chi connectivity index (χ0) is 9.42. The third-order valence-corrected chi connectivity index (χ3v) is 1.76. The summed E-state index contributed by atoms with van der Waals surface area (Å²) in [5.74, 6) is 0.00611. The van der Waals surface area contributed by atoms with E-state index in [9.17, 15) is 5.11 Å². The van der Waals surface area contributed by atoms with Gasteiger partial charge in [0.1, 0.15) is 17.8 Å². The standard InChI is InChI=1S/C8H7N3O2/c9-6-1-2-7(12)8-5(6)3-11(13)4-10-8/h1-4,9,12-13H. The summed E-state index contributed by atoms with van der Waals surface area (Å²) in [7, 11) is 0. The van der Waals surface area contributed by atoms with Crippen LogP contribution < -0.4 is 5.36 Å². The maximum atomic E-state index is 9.35. The second kappa shape index (κ2) is 2.48. The Kier molecular flexibility index (Phi) is 1.45. The lowest BCUT2D eigenvalue weighted by molar-refractivity contribution is 0.181. The van der Waals surface area contributed by atoms with E-state index in [2.05, 4.69) is 4.98 Å². The Balaban J connectivity index is 2.91. The Morgan fingerprint density at radius 3 is 2.92 bits per heavy atom. The van der Waals surface area contributed by atoms with Gasteiger partial charge in [0.2, 0.25) is 0 Å². The second-order valence-electron chi connectivity index (χ2n) is 2.65. The number of nitrogens with one attached hydrogen (secondary N) is 1. The lowest BCUT2D eigenvalue weighted by Gasteiger charge is -2.06. The summed E-state index contributed by atoms with van der Waals surface area (Å²) < 4.78 is 0.750. The van der Waals surface area contributed by atoms with E-state index < -0.39 is 0 Å². The lowest BCUT2D eigenvalue weighted by atomic mass is 10.1. The molecule has 2 rings (SSSR count). The number of fused-ring (bicyclic) bond motifs is 1. The fourth-order valence-corrected chi connectivity index (χ4v) is 1.15. The van der Waals surface area contributed by atoms with Crippen molar-refractivity contribution in [3.63, 3.8) is 0 Å². The number of benzene rings is 1. The Morgan fingerprint density at radius 1 is 1.38 bits per heavy atom. The first-order valence-electron chi connectivity index (χ1n) is 3.62. The van der Waals surface area contributed by atoms with E-state index in [0.29, 0.717) is 11.3 Å². The fourth-order valence-electron chi connectivity index (χ4n) is 1.15. The number of hydrogen-bond donors (Lipinski definition) is 3. The minimum Gasteiger partial charge on any atom is -0.506 e. The predicted molar refractivity (Wildman–Crippen MR) is 43.6 cm³/mol. The van der Waals surface area contributed by atoms with Crippen LogP contribution in [0, 0.1) is 5.41 Å².